The number of nitrogens with zero attached hydrogens (tertiary/aromatic N) is 4. The van der Waals surface area contributed by atoms with Gasteiger partial charge in [0, 0.05) is 46.8 Å². The van der Waals surface area contributed by atoms with Crippen molar-refractivity contribution in [2.24, 2.45) is 22.8 Å². The molecule has 2 aromatic rings. The maximum absolute atomic E-state index is 12.9. The second-order valence-electron chi connectivity index (χ2n) is 11.3. The Balaban J connectivity index is 0.000000307. The van der Waals surface area contributed by atoms with E-state index < -0.39 is 41.7 Å². The number of phenols is 1. The number of hydrogen-bond donors (Lipinski definition) is 6. The number of fused-ring (bicyclic) bond motifs is 3. The number of alkyl halides is 6. The van der Waals surface area contributed by atoms with E-state index in [0.29, 0.717) is 28.2 Å². The fourth-order valence-electron chi connectivity index (χ4n) is 5.87. The number of carboxylic acids is 3. The molecule has 51 heavy (non-hydrogen) atoms. The van der Waals surface area contributed by atoms with Crippen LogP contribution in [-0.4, -0.2) is 90.2 Å². The van der Waals surface area contributed by atoms with Crippen LogP contribution in [0.15, 0.2) is 43.3 Å². The van der Waals surface area contributed by atoms with E-state index in [9.17, 15) is 46.1 Å². The quantitative estimate of drug-likeness (QED) is 0.190. The number of thioether (sulfide) groups is 2. The van der Waals surface area contributed by atoms with Gasteiger partial charge in [-0.2, -0.15) is 26.3 Å². The van der Waals surface area contributed by atoms with E-state index in [1.54, 1.807) is 41.9 Å². The second-order valence-corrected chi connectivity index (χ2v) is 13.6. The van der Waals surface area contributed by atoms with Gasteiger partial charge in [-0.05, 0) is 30.6 Å². The Bertz CT molecular complexity index is 2070. The van der Waals surface area contributed by atoms with Crippen LogP contribution in [0, 0.1) is 0 Å². The molecular formula is C29H24F6N6O8S2. The summed E-state index contributed by atoms with van der Waals surface area (Å²) in [6.45, 7) is 0.735. The summed E-state index contributed by atoms with van der Waals surface area (Å²) in [5, 5.41) is 40.4. The SMILES string of the molecule is Cn1cnc(SC2=CC(=O)C=C3S[C@@H]4C[C@]23c2c3c5c(c(O)c2=N4)N=CC=5CCN3)c1C[C@H](N)C(=O)O.O=C(O)C(F)(F)F.O=C(O)C(F)(F)F. The number of aliphatic imine (C=N–C) groups is 1. The molecule has 4 aliphatic heterocycles. The van der Waals surface area contributed by atoms with E-state index in [1.807, 2.05) is 6.21 Å². The number of hydrogen-bond acceptors (Lipinski definition) is 12. The summed E-state index contributed by atoms with van der Waals surface area (Å²) in [7, 11) is 1.80. The lowest BCUT2D eigenvalue weighted by Gasteiger charge is -2.38. The molecule has 1 spiro atoms. The van der Waals surface area contributed by atoms with E-state index in [2.05, 4.69) is 15.3 Å². The van der Waals surface area contributed by atoms with Crippen LogP contribution in [0.25, 0.3) is 5.57 Å². The minimum atomic E-state index is -5.08. The van der Waals surface area contributed by atoms with Gasteiger partial charge in [0.15, 0.2) is 11.5 Å². The number of nitrogens with one attached hydrogen (secondary N) is 1. The van der Waals surface area contributed by atoms with Gasteiger partial charge in [-0.25, -0.2) is 14.6 Å². The summed E-state index contributed by atoms with van der Waals surface area (Å²) in [5.74, 6) is -6.65. The highest BCUT2D eigenvalue weighted by atomic mass is 32.2. The molecule has 3 atom stereocenters. The van der Waals surface area contributed by atoms with E-state index in [0.717, 1.165) is 44.8 Å². The number of benzene rings is 1. The van der Waals surface area contributed by atoms with Crippen molar-refractivity contribution in [1.82, 2.24) is 9.55 Å². The lowest BCUT2D eigenvalue weighted by molar-refractivity contribution is -0.193. The molecule has 272 valence electrons. The van der Waals surface area contributed by atoms with Crippen LogP contribution in [0.5, 0.6) is 5.75 Å². The number of phenolic OH excluding ortho intramolecular Hbond substituents is 1. The van der Waals surface area contributed by atoms with Crippen LogP contribution in [-0.2, 0) is 38.1 Å². The van der Waals surface area contributed by atoms with Crippen LogP contribution in [0.3, 0.4) is 0 Å². The van der Waals surface area contributed by atoms with Gasteiger partial charge in [-0.3, -0.25) is 19.6 Å². The number of allylic oxidation sites excluding steroid dienone is 4. The van der Waals surface area contributed by atoms with Crippen LogP contribution in [0.1, 0.15) is 24.1 Å². The number of rotatable bonds is 5. The number of anilines is 1. The molecule has 7 rings (SSSR count). The monoisotopic (exact) mass is 762 g/mol. The summed E-state index contributed by atoms with van der Waals surface area (Å²) in [6.07, 6.45) is -1.84. The van der Waals surface area contributed by atoms with Gasteiger partial charge in [-0.15, -0.1) is 11.8 Å². The highest BCUT2D eigenvalue weighted by Gasteiger charge is 2.55. The van der Waals surface area contributed by atoms with E-state index in [-0.39, 0.29) is 23.3 Å². The number of carboxylic acid groups (broad SMARTS) is 3. The van der Waals surface area contributed by atoms with Gasteiger partial charge >= 0.3 is 30.3 Å². The zero-order valence-corrected chi connectivity index (χ0v) is 27.3. The van der Waals surface area contributed by atoms with Gasteiger partial charge in [-0.1, -0.05) is 11.8 Å². The van der Waals surface area contributed by atoms with Crippen molar-refractivity contribution in [2.45, 2.75) is 53.5 Å². The Kier molecular flexibility index (Phi) is 9.82. The molecule has 2 bridgehead atoms. The Hall–Kier alpha value is -4.83. The predicted octanol–water partition coefficient (Wildman–Crippen LogP) is 2.51. The van der Waals surface area contributed by atoms with Crippen LogP contribution in [0.2, 0.25) is 0 Å². The first kappa shape index (κ1) is 37.4. The van der Waals surface area contributed by atoms with Crippen molar-refractivity contribution in [3.8, 4) is 5.75 Å². The molecule has 5 heterocycles. The average molecular weight is 763 g/mol. The lowest BCUT2D eigenvalue weighted by Crippen LogP contribution is -2.42. The molecule has 14 nitrogen and oxygen atoms in total. The van der Waals surface area contributed by atoms with Gasteiger partial charge in [0.05, 0.1) is 23.1 Å². The third kappa shape index (κ3) is 6.94. The van der Waals surface area contributed by atoms with E-state index in [1.165, 1.54) is 11.8 Å². The van der Waals surface area contributed by atoms with Gasteiger partial charge < -0.3 is 36.0 Å². The largest absolute Gasteiger partial charge is 0.504 e. The van der Waals surface area contributed by atoms with Crippen molar-refractivity contribution in [3.63, 3.8) is 0 Å². The first-order chi connectivity index (χ1) is 23.7. The average Bonchev–Trinajstić information content (AvgIpc) is 3.70. The number of ketones is 1. The van der Waals surface area contributed by atoms with Gasteiger partial charge in [0.1, 0.15) is 27.5 Å². The Morgan fingerprint density at radius 2 is 1.76 bits per heavy atom. The number of halogens is 6. The highest BCUT2D eigenvalue weighted by Crippen LogP contribution is 2.63. The number of carbonyl (C=O) groups excluding carboxylic acids is 1. The Labute approximate surface area is 289 Å². The molecule has 1 aromatic heterocycles. The first-order valence-electron chi connectivity index (χ1n) is 14.4. The molecule has 0 radical (unpaired) electrons. The number of carbonyl (C=O) groups is 4. The predicted molar refractivity (Wildman–Crippen MR) is 168 cm³/mol. The molecule has 1 fully saturated rings. The summed E-state index contributed by atoms with van der Waals surface area (Å²) in [5.41, 5.74) is 9.26. The normalized spacial score (nSPS) is 21.2. The van der Waals surface area contributed by atoms with Gasteiger partial charge in [0.25, 0.3) is 0 Å². The van der Waals surface area contributed by atoms with Crippen molar-refractivity contribution < 1.29 is 65.9 Å². The van der Waals surface area contributed by atoms with Crippen molar-refractivity contribution in [3.05, 3.63) is 50.1 Å². The van der Waals surface area contributed by atoms with E-state index >= 15 is 0 Å². The molecule has 1 aliphatic carbocycles. The minimum absolute atomic E-state index is 0.0711. The third-order valence-electron chi connectivity index (χ3n) is 8.06. The second kappa shape index (κ2) is 13.4. The highest BCUT2D eigenvalue weighted by molar-refractivity contribution is 8.05. The van der Waals surface area contributed by atoms with Crippen molar-refractivity contribution in [2.75, 3.05) is 11.9 Å². The maximum atomic E-state index is 12.9. The zero-order chi connectivity index (χ0) is 37.8. The van der Waals surface area contributed by atoms with Crippen LogP contribution >= 0.6 is 23.5 Å². The van der Waals surface area contributed by atoms with E-state index in [4.69, 9.17) is 30.5 Å². The number of aromatic nitrogens is 2. The number of aryl methyl sites for hydroxylation is 1. The molecule has 1 aromatic carbocycles. The smallest absolute Gasteiger partial charge is 0.490 e. The molecular weight excluding hydrogens is 738 g/mol. The summed E-state index contributed by atoms with van der Waals surface area (Å²) < 4.78 is 65.2. The third-order valence-corrected chi connectivity index (χ3v) is 10.5. The maximum Gasteiger partial charge on any atom is 0.490 e. The van der Waals surface area contributed by atoms with Crippen molar-refractivity contribution in [1.29, 1.82) is 0 Å². The first-order valence-corrected chi connectivity index (χ1v) is 16.1. The van der Waals surface area contributed by atoms with Gasteiger partial charge in [0.2, 0.25) is 0 Å². The molecule has 0 amide bonds. The zero-order valence-electron chi connectivity index (χ0n) is 25.7. The molecule has 5 aliphatic rings. The molecule has 0 unspecified atom stereocenters. The lowest BCUT2D eigenvalue weighted by atomic mass is 9.71. The topological polar surface area (TPSA) is 230 Å². The standard InChI is InChI=1S/C25H22N6O4S2.2C2HF3O2/c1-31-9-29-23(13(31)6-12(26)24(34)35)37-15-5-11(32)4-14-25(15)7-16(36-14)30-21-18(25)19-17-10(2-3-27-19)8-28-20(17)22(21)33;2*3-2(4,5)1(6)7/h4-5,8-9,12,16,27,33H,2-3,6-7,26H2,1H3,(H,34,35);2*(H,6,7)/t12-,16+,25+;;/m0../s1. The summed E-state index contributed by atoms with van der Waals surface area (Å²) >= 11 is 2.91. The molecule has 7 N–H and O–H groups in total. The van der Waals surface area contributed by atoms with Crippen LogP contribution < -0.4 is 21.6 Å². The molecule has 22 heteroatoms. The number of imidazole rings is 1. The van der Waals surface area contributed by atoms with Crippen molar-refractivity contribution >= 4 is 70.4 Å². The molecule has 1 saturated heterocycles. The summed E-state index contributed by atoms with van der Waals surface area (Å²) in [4.78, 5) is 57.8. The fraction of sp³-hybridized carbons (Fsp3) is 0.345. The summed E-state index contributed by atoms with van der Waals surface area (Å²) in [6, 6.07) is -1.08. The number of aliphatic carboxylic acids is 3. The number of aromatic hydroxyl groups is 1. The Morgan fingerprint density at radius 1 is 1.14 bits per heavy atom. The number of nitrogens with two attached hydrogens (primary N) is 1. The van der Waals surface area contributed by atoms with Crippen LogP contribution in [0.4, 0.5) is 37.7 Å². The Morgan fingerprint density at radius 3 is 2.35 bits per heavy atom. The fourth-order valence-corrected chi connectivity index (χ4v) is 8.70. The molecule has 0 saturated carbocycles. The minimum Gasteiger partial charge on any atom is -0.504 e.